The number of halogens is 1. The van der Waals surface area contributed by atoms with Crippen molar-refractivity contribution in [2.45, 2.75) is 19.0 Å². The minimum absolute atomic E-state index is 0.0519. The van der Waals surface area contributed by atoms with Crippen LogP contribution in [0.2, 0.25) is 0 Å². The summed E-state index contributed by atoms with van der Waals surface area (Å²) in [5.74, 6) is 0.251. The SMILES string of the molecule is O=C1CC(c2ccccc2)c2cc(CF)ccc2O1. The Kier molecular flexibility index (Phi) is 3.03. The van der Waals surface area contributed by atoms with Gasteiger partial charge >= 0.3 is 5.97 Å². The Hall–Kier alpha value is -2.16. The third kappa shape index (κ3) is 2.24. The zero-order chi connectivity index (χ0) is 13.2. The summed E-state index contributed by atoms with van der Waals surface area (Å²) in [6, 6.07) is 14.9. The van der Waals surface area contributed by atoms with Gasteiger partial charge in [-0.2, -0.15) is 0 Å². The van der Waals surface area contributed by atoms with Crippen LogP contribution in [0.15, 0.2) is 48.5 Å². The van der Waals surface area contributed by atoms with Gasteiger partial charge in [0.2, 0.25) is 0 Å². The van der Waals surface area contributed by atoms with Crippen LogP contribution < -0.4 is 4.74 Å². The monoisotopic (exact) mass is 256 g/mol. The molecule has 1 heterocycles. The molecular formula is C16H13FO2. The highest BCUT2D eigenvalue weighted by molar-refractivity contribution is 5.77. The van der Waals surface area contributed by atoms with Gasteiger partial charge in [0.15, 0.2) is 0 Å². The van der Waals surface area contributed by atoms with Crippen LogP contribution in [0, 0.1) is 0 Å². The van der Waals surface area contributed by atoms with Gasteiger partial charge in [-0.05, 0) is 23.3 Å². The summed E-state index contributed by atoms with van der Waals surface area (Å²) in [7, 11) is 0. The number of carbonyl (C=O) groups is 1. The molecule has 3 heteroatoms. The van der Waals surface area contributed by atoms with Crippen LogP contribution in [0.1, 0.15) is 29.0 Å². The summed E-state index contributed by atoms with van der Waals surface area (Å²) in [6.45, 7) is -0.511. The Labute approximate surface area is 110 Å². The van der Waals surface area contributed by atoms with Crippen LogP contribution in [0.25, 0.3) is 0 Å². The smallest absolute Gasteiger partial charge is 0.312 e. The average molecular weight is 256 g/mol. The quantitative estimate of drug-likeness (QED) is 0.606. The van der Waals surface area contributed by atoms with Gasteiger partial charge in [0, 0.05) is 11.5 Å². The van der Waals surface area contributed by atoms with Crippen LogP contribution in [0.3, 0.4) is 0 Å². The first-order valence-corrected chi connectivity index (χ1v) is 6.22. The topological polar surface area (TPSA) is 26.3 Å². The zero-order valence-corrected chi connectivity index (χ0v) is 10.3. The van der Waals surface area contributed by atoms with E-state index in [4.69, 9.17) is 4.74 Å². The Morgan fingerprint density at radius 1 is 1.16 bits per heavy atom. The molecule has 1 aliphatic rings. The molecule has 0 N–H and O–H groups in total. The van der Waals surface area contributed by atoms with Crippen LogP contribution in [0.4, 0.5) is 4.39 Å². The minimum atomic E-state index is -0.511. The van der Waals surface area contributed by atoms with Crippen LogP contribution in [-0.2, 0) is 11.5 Å². The molecule has 0 saturated heterocycles. The first-order valence-electron chi connectivity index (χ1n) is 6.22. The molecule has 0 radical (unpaired) electrons. The van der Waals surface area contributed by atoms with Crippen molar-refractivity contribution in [2.24, 2.45) is 0 Å². The van der Waals surface area contributed by atoms with Crippen molar-refractivity contribution in [1.29, 1.82) is 0 Å². The molecule has 0 saturated carbocycles. The van der Waals surface area contributed by atoms with Gasteiger partial charge in [0.05, 0.1) is 6.42 Å². The number of rotatable bonds is 2. The molecule has 1 atom stereocenters. The minimum Gasteiger partial charge on any atom is -0.426 e. The van der Waals surface area contributed by atoms with Crippen molar-refractivity contribution < 1.29 is 13.9 Å². The lowest BCUT2D eigenvalue weighted by atomic mass is 9.86. The van der Waals surface area contributed by atoms with Crippen molar-refractivity contribution in [3.8, 4) is 5.75 Å². The molecule has 19 heavy (non-hydrogen) atoms. The summed E-state index contributed by atoms with van der Waals surface area (Å²) in [6.07, 6.45) is 0.298. The lowest BCUT2D eigenvalue weighted by Crippen LogP contribution is -2.21. The van der Waals surface area contributed by atoms with E-state index in [0.29, 0.717) is 17.7 Å². The Balaban J connectivity index is 2.10. The molecular weight excluding hydrogens is 243 g/mol. The van der Waals surface area contributed by atoms with E-state index in [1.54, 1.807) is 18.2 Å². The number of hydrogen-bond donors (Lipinski definition) is 0. The van der Waals surface area contributed by atoms with Crippen LogP contribution in [-0.4, -0.2) is 5.97 Å². The average Bonchev–Trinajstić information content (AvgIpc) is 2.47. The first-order chi connectivity index (χ1) is 9.28. The summed E-state index contributed by atoms with van der Waals surface area (Å²) in [4.78, 5) is 11.7. The number of alkyl halides is 1. The maximum Gasteiger partial charge on any atom is 0.312 e. The first kappa shape index (κ1) is 11.9. The molecule has 2 aromatic carbocycles. The van der Waals surface area contributed by atoms with E-state index >= 15 is 0 Å². The van der Waals surface area contributed by atoms with E-state index in [-0.39, 0.29) is 11.9 Å². The normalized spacial score (nSPS) is 17.7. The number of hydrogen-bond acceptors (Lipinski definition) is 2. The van der Waals surface area contributed by atoms with E-state index in [1.165, 1.54) is 0 Å². The lowest BCUT2D eigenvalue weighted by molar-refractivity contribution is -0.135. The maximum absolute atomic E-state index is 12.8. The predicted octanol–water partition coefficient (Wildman–Crippen LogP) is 3.60. The van der Waals surface area contributed by atoms with Gasteiger partial charge in [-0.1, -0.05) is 36.4 Å². The summed E-state index contributed by atoms with van der Waals surface area (Å²) < 4.78 is 18.0. The van der Waals surface area contributed by atoms with Crippen LogP contribution >= 0.6 is 0 Å². The second-order valence-electron chi connectivity index (χ2n) is 4.65. The van der Waals surface area contributed by atoms with Crippen LogP contribution in [0.5, 0.6) is 5.75 Å². The van der Waals surface area contributed by atoms with Gasteiger partial charge in [0.1, 0.15) is 12.4 Å². The third-order valence-electron chi connectivity index (χ3n) is 3.40. The molecule has 0 aromatic heterocycles. The van der Waals surface area contributed by atoms with Gasteiger partial charge in [-0.15, -0.1) is 0 Å². The van der Waals surface area contributed by atoms with Crippen molar-refractivity contribution in [1.82, 2.24) is 0 Å². The molecule has 0 amide bonds. The second-order valence-corrected chi connectivity index (χ2v) is 4.65. The predicted molar refractivity (Wildman–Crippen MR) is 69.8 cm³/mol. The number of benzene rings is 2. The third-order valence-corrected chi connectivity index (χ3v) is 3.40. The standard InChI is InChI=1S/C16H13FO2/c17-10-11-6-7-15-14(8-11)13(9-16(18)19-15)12-4-2-1-3-5-12/h1-8,13H,9-10H2. The Bertz CT molecular complexity index is 607. The highest BCUT2D eigenvalue weighted by Gasteiger charge is 2.28. The fourth-order valence-corrected chi connectivity index (χ4v) is 2.47. The van der Waals surface area contributed by atoms with Gasteiger partial charge in [-0.25, -0.2) is 4.39 Å². The molecule has 1 aliphatic heterocycles. The molecule has 2 nitrogen and oxygen atoms in total. The molecule has 0 fully saturated rings. The van der Waals surface area contributed by atoms with Gasteiger partial charge in [0.25, 0.3) is 0 Å². The fraction of sp³-hybridized carbons (Fsp3) is 0.188. The second kappa shape index (κ2) is 4.84. The summed E-state index contributed by atoms with van der Waals surface area (Å²) in [5, 5.41) is 0. The molecule has 2 aromatic rings. The molecule has 0 aliphatic carbocycles. The molecule has 0 spiro atoms. The van der Waals surface area contributed by atoms with Crippen molar-refractivity contribution >= 4 is 5.97 Å². The highest BCUT2D eigenvalue weighted by atomic mass is 19.1. The number of fused-ring (bicyclic) bond motifs is 1. The highest BCUT2D eigenvalue weighted by Crippen LogP contribution is 2.39. The van der Waals surface area contributed by atoms with E-state index < -0.39 is 6.67 Å². The molecule has 0 bridgehead atoms. The lowest BCUT2D eigenvalue weighted by Gasteiger charge is -2.25. The van der Waals surface area contributed by atoms with E-state index in [0.717, 1.165) is 11.1 Å². The largest absolute Gasteiger partial charge is 0.426 e. The number of ether oxygens (including phenoxy) is 1. The Morgan fingerprint density at radius 2 is 1.95 bits per heavy atom. The maximum atomic E-state index is 12.8. The van der Waals surface area contributed by atoms with E-state index in [2.05, 4.69) is 0 Å². The molecule has 3 rings (SSSR count). The van der Waals surface area contributed by atoms with Crippen molar-refractivity contribution in [2.75, 3.05) is 0 Å². The summed E-state index contributed by atoms with van der Waals surface area (Å²) in [5.41, 5.74) is 2.55. The van der Waals surface area contributed by atoms with Crippen molar-refractivity contribution in [3.63, 3.8) is 0 Å². The number of carbonyl (C=O) groups excluding carboxylic acids is 1. The van der Waals surface area contributed by atoms with Gasteiger partial charge in [-0.3, -0.25) is 4.79 Å². The van der Waals surface area contributed by atoms with E-state index in [9.17, 15) is 9.18 Å². The fourth-order valence-electron chi connectivity index (χ4n) is 2.47. The van der Waals surface area contributed by atoms with Gasteiger partial charge < -0.3 is 4.74 Å². The molecule has 1 unspecified atom stereocenters. The zero-order valence-electron chi connectivity index (χ0n) is 10.3. The van der Waals surface area contributed by atoms with Crippen molar-refractivity contribution in [3.05, 3.63) is 65.2 Å². The van der Waals surface area contributed by atoms with E-state index in [1.807, 2.05) is 30.3 Å². The molecule has 96 valence electrons. The summed E-state index contributed by atoms with van der Waals surface area (Å²) >= 11 is 0. The Morgan fingerprint density at radius 3 is 2.68 bits per heavy atom. The number of esters is 1.